The maximum absolute atomic E-state index is 5.24. The van der Waals surface area contributed by atoms with Gasteiger partial charge in [0, 0.05) is 0 Å². The molecule has 2 nitrogen and oxygen atoms in total. The summed E-state index contributed by atoms with van der Waals surface area (Å²) in [5, 5.41) is 0. The predicted molar refractivity (Wildman–Crippen MR) is 78.3 cm³/mol. The van der Waals surface area contributed by atoms with Gasteiger partial charge in [0.05, 0.1) is 14.2 Å². The highest BCUT2D eigenvalue weighted by Gasteiger charge is 2.05. The first-order valence-corrected chi connectivity index (χ1v) is 6.41. The van der Waals surface area contributed by atoms with E-state index in [-0.39, 0.29) is 0 Å². The molecule has 0 heterocycles. The lowest BCUT2D eigenvalue weighted by molar-refractivity contribution is 0.414. The van der Waals surface area contributed by atoms with Crippen LogP contribution in [0.5, 0.6) is 11.5 Å². The molecule has 0 aliphatic heterocycles. The van der Waals surface area contributed by atoms with Gasteiger partial charge in [-0.15, -0.1) is 0 Å². The van der Waals surface area contributed by atoms with E-state index in [2.05, 4.69) is 38.1 Å². The number of ether oxygens (including phenoxy) is 2. The molecule has 19 heavy (non-hydrogen) atoms. The van der Waals surface area contributed by atoms with Gasteiger partial charge in [-0.1, -0.05) is 12.1 Å². The molecule has 0 aromatic heterocycles. The fourth-order valence-electron chi connectivity index (χ4n) is 2.19. The van der Waals surface area contributed by atoms with E-state index in [0.29, 0.717) is 0 Å². The molecule has 0 amide bonds. The Hall–Kier alpha value is -1.96. The van der Waals surface area contributed by atoms with Crippen molar-refractivity contribution in [3.8, 4) is 11.5 Å². The summed E-state index contributed by atoms with van der Waals surface area (Å²) in [6.07, 6.45) is 0.936. The molecule has 0 aliphatic rings. The molecular weight excluding hydrogens is 236 g/mol. The average Bonchev–Trinajstić information content (AvgIpc) is 2.42. The molecule has 2 rings (SSSR count). The van der Waals surface area contributed by atoms with Gasteiger partial charge in [0.25, 0.3) is 0 Å². The number of aryl methyl sites for hydroxylation is 2. The summed E-state index contributed by atoms with van der Waals surface area (Å²) >= 11 is 0. The van der Waals surface area contributed by atoms with Crippen molar-refractivity contribution in [2.75, 3.05) is 14.2 Å². The summed E-state index contributed by atoms with van der Waals surface area (Å²) in [6.45, 7) is 4.24. The van der Waals surface area contributed by atoms with Crippen molar-refractivity contribution in [2.45, 2.75) is 20.3 Å². The summed E-state index contributed by atoms with van der Waals surface area (Å²) < 4.78 is 10.5. The Balaban J connectivity index is 2.26. The number of methoxy groups -OCH3 is 2. The van der Waals surface area contributed by atoms with E-state index in [1.165, 1.54) is 22.3 Å². The van der Waals surface area contributed by atoms with Gasteiger partial charge in [0.1, 0.15) is 11.5 Å². The van der Waals surface area contributed by atoms with Gasteiger partial charge in [0.15, 0.2) is 0 Å². The van der Waals surface area contributed by atoms with Crippen LogP contribution in [0.25, 0.3) is 0 Å². The quantitative estimate of drug-likeness (QED) is 0.825. The Kier molecular flexibility index (Phi) is 4.10. The molecule has 100 valence electrons. The van der Waals surface area contributed by atoms with Crippen LogP contribution in [0.4, 0.5) is 0 Å². The van der Waals surface area contributed by atoms with Crippen molar-refractivity contribution in [2.24, 2.45) is 0 Å². The lowest BCUT2D eigenvalue weighted by atomic mass is 9.97. The minimum atomic E-state index is 0.910. The van der Waals surface area contributed by atoms with Crippen LogP contribution in [0.2, 0.25) is 0 Å². The molecule has 2 heteroatoms. The van der Waals surface area contributed by atoms with Crippen LogP contribution in [0.3, 0.4) is 0 Å². The molecule has 0 N–H and O–H groups in total. The molecule has 0 saturated heterocycles. The van der Waals surface area contributed by atoms with Crippen molar-refractivity contribution in [3.63, 3.8) is 0 Å². The summed E-state index contributed by atoms with van der Waals surface area (Å²) in [4.78, 5) is 0. The second-order valence-electron chi connectivity index (χ2n) is 4.76. The molecule has 0 bridgehead atoms. The summed E-state index contributed by atoms with van der Waals surface area (Å²) in [7, 11) is 3.39. The third-order valence-corrected chi connectivity index (χ3v) is 3.48. The van der Waals surface area contributed by atoms with Gasteiger partial charge in [-0.25, -0.2) is 0 Å². The number of benzene rings is 2. The number of rotatable bonds is 4. The zero-order valence-electron chi connectivity index (χ0n) is 12.0. The molecule has 2 aromatic carbocycles. The molecule has 0 saturated carbocycles. The SMILES string of the molecule is COc1ccc(Cc2ccc(OC)cc2C)c(C)c1. The van der Waals surface area contributed by atoms with Gasteiger partial charge in [-0.05, 0) is 66.8 Å². The Morgan fingerprint density at radius 2 is 1.16 bits per heavy atom. The van der Waals surface area contributed by atoms with Crippen molar-refractivity contribution >= 4 is 0 Å². The van der Waals surface area contributed by atoms with Gasteiger partial charge >= 0.3 is 0 Å². The van der Waals surface area contributed by atoms with Crippen molar-refractivity contribution in [3.05, 3.63) is 58.7 Å². The third kappa shape index (κ3) is 3.08. The molecule has 0 unspecified atom stereocenters. The predicted octanol–water partition coefficient (Wildman–Crippen LogP) is 3.91. The highest BCUT2D eigenvalue weighted by molar-refractivity contribution is 5.41. The van der Waals surface area contributed by atoms with E-state index in [9.17, 15) is 0 Å². The van der Waals surface area contributed by atoms with Gasteiger partial charge in [-0.2, -0.15) is 0 Å². The lowest BCUT2D eigenvalue weighted by Crippen LogP contribution is -1.96. The van der Waals surface area contributed by atoms with Crippen LogP contribution in [-0.2, 0) is 6.42 Å². The minimum Gasteiger partial charge on any atom is -0.497 e. The zero-order valence-corrected chi connectivity index (χ0v) is 12.0. The first-order chi connectivity index (χ1) is 9.13. The standard InChI is InChI=1S/C17H20O2/c1-12-9-16(18-3)7-5-14(12)11-15-6-8-17(19-4)10-13(15)2/h5-10H,11H2,1-4H3. The Labute approximate surface area is 115 Å². The highest BCUT2D eigenvalue weighted by atomic mass is 16.5. The van der Waals surface area contributed by atoms with Crippen LogP contribution in [0.1, 0.15) is 22.3 Å². The summed E-state index contributed by atoms with van der Waals surface area (Å²) in [6, 6.07) is 12.5. The smallest absolute Gasteiger partial charge is 0.119 e. The number of hydrogen-bond acceptors (Lipinski definition) is 2. The van der Waals surface area contributed by atoms with E-state index >= 15 is 0 Å². The normalized spacial score (nSPS) is 10.3. The second kappa shape index (κ2) is 5.79. The topological polar surface area (TPSA) is 18.5 Å². The van der Waals surface area contributed by atoms with Gasteiger partial charge in [0.2, 0.25) is 0 Å². The Bertz CT molecular complexity index is 522. The maximum atomic E-state index is 5.24. The number of hydrogen-bond donors (Lipinski definition) is 0. The molecule has 0 atom stereocenters. The summed E-state index contributed by atoms with van der Waals surface area (Å²) in [5.74, 6) is 1.82. The Morgan fingerprint density at radius 1 is 0.737 bits per heavy atom. The molecule has 2 aromatic rings. The molecular formula is C17H20O2. The fraction of sp³-hybridized carbons (Fsp3) is 0.294. The van der Waals surface area contributed by atoms with Crippen molar-refractivity contribution < 1.29 is 9.47 Å². The van der Waals surface area contributed by atoms with E-state index in [1.807, 2.05) is 12.1 Å². The Morgan fingerprint density at radius 3 is 1.47 bits per heavy atom. The zero-order chi connectivity index (χ0) is 13.8. The first-order valence-electron chi connectivity index (χ1n) is 6.41. The monoisotopic (exact) mass is 256 g/mol. The average molecular weight is 256 g/mol. The largest absolute Gasteiger partial charge is 0.497 e. The van der Waals surface area contributed by atoms with E-state index < -0.39 is 0 Å². The van der Waals surface area contributed by atoms with Crippen molar-refractivity contribution in [1.29, 1.82) is 0 Å². The fourth-order valence-corrected chi connectivity index (χ4v) is 2.19. The molecule has 0 radical (unpaired) electrons. The van der Waals surface area contributed by atoms with Gasteiger partial charge < -0.3 is 9.47 Å². The van der Waals surface area contributed by atoms with E-state index in [0.717, 1.165) is 17.9 Å². The second-order valence-corrected chi connectivity index (χ2v) is 4.76. The third-order valence-electron chi connectivity index (χ3n) is 3.48. The lowest BCUT2D eigenvalue weighted by Gasteiger charge is -2.11. The first kappa shape index (κ1) is 13.5. The summed E-state index contributed by atoms with van der Waals surface area (Å²) in [5.41, 5.74) is 5.17. The highest BCUT2D eigenvalue weighted by Crippen LogP contribution is 2.23. The molecule has 0 aliphatic carbocycles. The van der Waals surface area contributed by atoms with Gasteiger partial charge in [-0.3, -0.25) is 0 Å². The van der Waals surface area contributed by atoms with E-state index in [4.69, 9.17) is 9.47 Å². The van der Waals surface area contributed by atoms with Crippen molar-refractivity contribution in [1.82, 2.24) is 0 Å². The minimum absolute atomic E-state index is 0.910. The van der Waals surface area contributed by atoms with Crippen LogP contribution >= 0.6 is 0 Å². The molecule has 0 fully saturated rings. The van der Waals surface area contributed by atoms with Crippen LogP contribution in [0.15, 0.2) is 36.4 Å². The van der Waals surface area contributed by atoms with Crippen LogP contribution < -0.4 is 9.47 Å². The van der Waals surface area contributed by atoms with Crippen LogP contribution in [-0.4, -0.2) is 14.2 Å². The van der Waals surface area contributed by atoms with Crippen LogP contribution in [0, 0.1) is 13.8 Å². The maximum Gasteiger partial charge on any atom is 0.119 e. The van der Waals surface area contributed by atoms with E-state index in [1.54, 1.807) is 14.2 Å². The molecule has 0 spiro atoms.